The Kier molecular flexibility index (Phi) is 6.52. The summed E-state index contributed by atoms with van der Waals surface area (Å²) in [5.74, 6) is -0.0752. The fourth-order valence-corrected chi connectivity index (χ4v) is 2.64. The zero-order valence-electron chi connectivity index (χ0n) is 11.4. The van der Waals surface area contributed by atoms with Crippen molar-refractivity contribution in [3.8, 4) is 0 Å². The highest BCUT2D eigenvalue weighted by molar-refractivity contribution is 5.70. The standard InChI is InChI=1S/C13H26N2O2/c1-4-17-13(16)9-11(2)15-8-6-5-7-12(15)10-14-3/h11-12,14H,4-10H2,1-3H3. The molecule has 2 atom stereocenters. The third-order valence-corrected chi connectivity index (χ3v) is 3.45. The summed E-state index contributed by atoms with van der Waals surface area (Å²) in [6.07, 6.45) is 4.28. The molecular formula is C13H26N2O2. The van der Waals surface area contributed by atoms with Crippen LogP contribution in [-0.4, -0.2) is 49.7 Å². The summed E-state index contributed by atoms with van der Waals surface area (Å²) in [5, 5.41) is 3.24. The number of piperidine rings is 1. The molecular weight excluding hydrogens is 216 g/mol. The van der Waals surface area contributed by atoms with Gasteiger partial charge in [0.2, 0.25) is 0 Å². The number of likely N-dealkylation sites (tertiary alicyclic amines) is 1. The van der Waals surface area contributed by atoms with Crippen molar-refractivity contribution in [1.82, 2.24) is 10.2 Å². The van der Waals surface area contributed by atoms with E-state index in [0.29, 0.717) is 19.1 Å². The SMILES string of the molecule is CCOC(=O)CC(C)N1CCCCC1CNC. The maximum atomic E-state index is 11.5. The second kappa shape index (κ2) is 7.67. The van der Waals surface area contributed by atoms with Gasteiger partial charge in [-0.05, 0) is 40.3 Å². The van der Waals surface area contributed by atoms with Crippen LogP contribution >= 0.6 is 0 Å². The van der Waals surface area contributed by atoms with Gasteiger partial charge in [0.15, 0.2) is 0 Å². The van der Waals surface area contributed by atoms with Gasteiger partial charge in [-0.3, -0.25) is 9.69 Å². The minimum absolute atomic E-state index is 0.0752. The lowest BCUT2D eigenvalue weighted by molar-refractivity contribution is -0.144. The number of ether oxygens (including phenoxy) is 1. The van der Waals surface area contributed by atoms with E-state index in [-0.39, 0.29) is 12.0 Å². The van der Waals surface area contributed by atoms with Gasteiger partial charge in [-0.15, -0.1) is 0 Å². The van der Waals surface area contributed by atoms with E-state index in [2.05, 4.69) is 17.1 Å². The summed E-state index contributed by atoms with van der Waals surface area (Å²) in [5.41, 5.74) is 0. The van der Waals surface area contributed by atoms with Crippen LogP contribution in [0.5, 0.6) is 0 Å². The number of esters is 1. The molecule has 4 nitrogen and oxygen atoms in total. The van der Waals surface area contributed by atoms with E-state index in [1.807, 2.05) is 14.0 Å². The van der Waals surface area contributed by atoms with Crippen LogP contribution < -0.4 is 5.32 Å². The lowest BCUT2D eigenvalue weighted by Gasteiger charge is -2.39. The highest BCUT2D eigenvalue weighted by atomic mass is 16.5. The van der Waals surface area contributed by atoms with Gasteiger partial charge < -0.3 is 10.1 Å². The van der Waals surface area contributed by atoms with Crippen LogP contribution in [0.25, 0.3) is 0 Å². The molecule has 1 rings (SSSR count). The summed E-state index contributed by atoms with van der Waals surface area (Å²) >= 11 is 0. The first-order valence-electron chi connectivity index (χ1n) is 6.75. The molecule has 0 aromatic heterocycles. The summed E-state index contributed by atoms with van der Waals surface area (Å²) in [4.78, 5) is 14.0. The molecule has 4 heteroatoms. The highest BCUT2D eigenvalue weighted by Crippen LogP contribution is 2.20. The number of rotatable bonds is 6. The molecule has 0 amide bonds. The summed E-state index contributed by atoms with van der Waals surface area (Å²) in [6, 6.07) is 0.853. The Balaban J connectivity index is 2.46. The van der Waals surface area contributed by atoms with E-state index < -0.39 is 0 Å². The third kappa shape index (κ3) is 4.64. The Labute approximate surface area is 105 Å². The molecule has 0 spiro atoms. The molecule has 0 saturated carbocycles. The zero-order valence-corrected chi connectivity index (χ0v) is 11.4. The van der Waals surface area contributed by atoms with Gasteiger partial charge in [-0.1, -0.05) is 6.42 Å². The van der Waals surface area contributed by atoms with Crippen molar-refractivity contribution in [2.45, 2.75) is 51.6 Å². The van der Waals surface area contributed by atoms with Crippen molar-refractivity contribution < 1.29 is 9.53 Å². The molecule has 0 radical (unpaired) electrons. The molecule has 0 aromatic carbocycles. The van der Waals surface area contributed by atoms with Gasteiger partial charge in [0, 0.05) is 18.6 Å². The minimum atomic E-state index is -0.0752. The van der Waals surface area contributed by atoms with Crippen LogP contribution in [0.15, 0.2) is 0 Å². The van der Waals surface area contributed by atoms with Gasteiger partial charge in [0.25, 0.3) is 0 Å². The summed E-state index contributed by atoms with van der Waals surface area (Å²) in [7, 11) is 1.99. The number of nitrogens with zero attached hydrogens (tertiary/aromatic N) is 1. The molecule has 1 heterocycles. The number of nitrogens with one attached hydrogen (secondary N) is 1. The first-order chi connectivity index (χ1) is 8.19. The quantitative estimate of drug-likeness (QED) is 0.715. The van der Waals surface area contributed by atoms with Crippen molar-refractivity contribution >= 4 is 5.97 Å². The molecule has 2 unspecified atom stereocenters. The second-order valence-corrected chi connectivity index (χ2v) is 4.80. The van der Waals surface area contributed by atoms with Gasteiger partial charge in [-0.25, -0.2) is 0 Å². The number of carbonyl (C=O) groups excluding carboxylic acids is 1. The summed E-state index contributed by atoms with van der Waals surface area (Å²) < 4.78 is 5.02. The predicted octanol–water partition coefficient (Wildman–Crippen LogP) is 1.40. The summed E-state index contributed by atoms with van der Waals surface area (Å²) in [6.45, 7) is 6.57. The Bertz CT molecular complexity index is 231. The van der Waals surface area contributed by atoms with E-state index in [0.717, 1.165) is 13.1 Å². The van der Waals surface area contributed by atoms with E-state index in [9.17, 15) is 4.79 Å². The predicted molar refractivity (Wildman–Crippen MR) is 69.0 cm³/mol. The van der Waals surface area contributed by atoms with E-state index in [1.165, 1.54) is 19.3 Å². The van der Waals surface area contributed by atoms with Crippen LogP contribution in [0, 0.1) is 0 Å². The molecule has 0 aliphatic carbocycles. The number of hydrogen-bond donors (Lipinski definition) is 1. The molecule has 0 bridgehead atoms. The van der Waals surface area contributed by atoms with Crippen molar-refractivity contribution in [3.63, 3.8) is 0 Å². The van der Waals surface area contributed by atoms with Crippen molar-refractivity contribution in [1.29, 1.82) is 0 Å². The monoisotopic (exact) mass is 242 g/mol. The van der Waals surface area contributed by atoms with Crippen LogP contribution in [0.1, 0.15) is 39.5 Å². The van der Waals surface area contributed by atoms with Gasteiger partial charge in [-0.2, -0.15) is 0 Å². The first kappa shape index (κ1) is 14.5. The van der Waals surface area contributed by atoms with Crippen LogP contribution in [0.3, 0.4) is 0 Å². The van der Waals surface area contributed by atoms with E-state index in [1.54, 1.807) is 0 Å². The lowest BCUT2D eigenvalue weighted by atomic mass is 9.99. The Morgan fingerprint density at radius 3 is 2.94 bits per heavy atom. The average Bonchev–Trinajstić information content (AvgIpc) is 2.30. The minimum Gasteiger partial charge on any atom is -0.466 e. The molecule has 17 heavy (non-hydrogen) atoms. The topological polar surface area (TPSA) is 41.6 Å². The first-order valence-corrected chi connectivity index (χ1v) is 6.75. The van der Waals surface area contributed by atoms with Crippen molar-refractivity contribution in [3.05, 3.63) is 0 Å². The van der Waals surface area contributed by atoms with Crippen molar-refractivity contribution in [2.24, 2.45) is 0 Å². The van der Waals surface area contributed by atoms with Gasteiger partial charge in [0.05, 0.1) is 13.0 Å². The maximum absolute atomic E-state index is 11.5. The third-order valence-electron chi connectivity index (χ3n) is 3.45. The average molecular weight is 242 g/mol. The molecule has 1 fully saturated rings. The number of hydrogen-bond acceptors (Lipinski definition) is 4. The fourth-order valence-electron chi connectivity index (χ4n) is 2.64. The Morgan fingerprint density at radius 2 is 2.29 bits per heavy atom. The van der Waals surface area contributed by atoms with E-state index in [4.69, 9.17) is 4.74 Å². The maximum Gasteiger partial charge on any atom is 0.307 e. The van der Waals surface area contributed by atoms with Crippen molar-refractivity contribution in [2.75, 3.05) is 26.7 Å². The van der Waals surface area contributed by atoms with Crippen LogP contribution in [0.2, 0.25) is 0 Å². The van der Waals surface area contributed by atoms with Gasteiger partial charge in [0.1, 0.15) is 0 Å². The van der Waals surface area contributed by atoms with Crippen LogP contribution in [-0.2, 0) is 9.53 Å². The Morgan fingerprint density at radius 1 is 1.53 bits per heavy atom. The molecule has 1 N–H and O–H groups in total. The zero-order chi connectivity index (χ0) is 12.7. The smallest absolute Gasteiger partial charge is 0.307 e. The second-order valence-electron chi connectivity index (χ2n) is 4.80. The Hall–Kier alpha value is -0.610. The van der Waals surface area contributed by atoms with Gasteiger partial charge >= 0.3 is 5.97 Å². The van der Waals surface area contributed by atoms with Crippen LogP contribution in [0.4, 0.5) is 0 Å². The van der Waals surface area contributed by atoms with E-state index >= 15 is 0 Å². The fraction of sp³-hybridized carbons (Fsp3) is 0.923. The molecule has 0 aromatic rings. The number of carbonyl (C=O) groups is 1. The molecule has 100 valence electrons. The lowest BCUT2D eigenvalue weighted by Crippen LogP contribution is -2.49. The molecule has 1 aliphatic rings. The molecule has 1 aliphatic heterocycles. The largest absolute Gasteiger partial charge is 0.466 e. The highest BCUT2D eigenvalue weighted by Gasteiger charge is 2.27. The molecule has 1 saturated heterocycles. The normalized spacial score (nSPS) is 23.4. The number of likely N-dealkylation sites (N-methyl/N-ethyl adjacent to an activating group) is 1.